The Labute approximate surface area is 184 Å². The van der Waals surface area contributed by atoms with Crippen molar-refractivity contribution in [1.29, 1.82) is 0 Å². The van der Waals surface area contributed by atoms with E-state index in [0.717, 1.165) is 42.7 Å². The zero-order chi connectivity index (χ0) is 22.1. The third-order valence-electron chi connectivity index (χ3n) is 8.48. The van der Waals surface area contributed by atoms with E-state index in [1.807, 2.05) is 13.8 Å². The lowest BCUT2D eigenvalue weighted by Crippen LogP contribution is -2.36. The van der Waals surface area contributed by atoms with E-state index in [2.05, 4.69) is 32.6 Å². The van der Waals surface area contributed by atoms with Crippen LogP contribution in [0.25, 0.3) is 0 Å². The Balaban J connectivity index is 1.72. The van der Waals surface area contributed by atoms with E-state index in [1.54, 1.807) is 0 Å². The first kappa shape index (κ1) is 23.8. The second kappa shape index (κ2) is 9.30. The molecule has 0 amide bonds. The molecule has 3 N–H and O–H groups in total. The van der Waals surface area contributed by atoms with Crippen LogP contribution in [0.4, 0.5) is 0 Å². The highest BCUT2D eigenvalue weighted by Gasteiger charge is 2.50. The van der Waals surface area contributed by atoms with E-state index in [-0.39, 0.29) is 0 Å². The molecule has 0 spiro atoms. The number of hydrogen-bond donors (Lipinski definition) is 3. The fraction of sp³-hybridized carbons (Fsp3) is 0.778. The molecule has 3 rings (SSSR count). The van der Waals surface area contributed by atoms with E-state index in [1.165, 1.54) is 37.7 Å². The van der Waals surface area contributed by atoms with E-state index < -0.39 is 17.8 Å². The summed E-state index contributed by atoms with van der Waals surface area (Å²) in [6.07, 6.45) is 13.6. The fourth-order valence-corrected chi connectivity index (χ4v) is 6.73. The smallest absolute Gasteiger partial charge is 0.105 e. The minimum atomic E-state index is -0.801. The second-order valence-corrected chi connectivity index (χ2v) is 11.3. The molecular weight excluding hydrogens is 372 g/mol. The highest BCUT2D eigenvalue weighted by molar-refractivity contribution is 5.39. The van der Waals surface area contributed by atoms with Crippen LogP contribution in [0.3, 0.4) is 0 Å². The predicted octanol–water partition coefficient (Wildman–Crippen LogP) is 5.70. The summed E-state index contributed by atoms with van der Waals surface area (Å²) in [5.74, 6) is 2.07. The van der Waals surface area contributed by atoms with Crippen LogP contribution in [0.15, 0.2) is 35.5 Å². The van der Waals surface area contributed by atoms with Gasteiger partial charge in [0.2, 0.25) is 0 Å². The normalized spacial score (nSPS) is 38.8. The number of aliphatic hydroxyl groups is 3. The van der Waals surface area contributed by atoms with Crippen LogP contribution in [0, 0.1) is 23.2 Å². The summed E-state index contributed by atoms with van der Waals surface area (Å²) in [5, 5.41) is 30.5. The summed E-state index contributed by atoms with van der Waals surface area (Å²) in [4.78, 5) is 0. The van der Waals surface area contributed by atoms with Gasteiger partial charge in [-0.3, -0.25) is 0 Å². The van der Waals surface area contributed by atoms with Gasteiger partial charge in [-0.1, -0.05) is 51.0 Å². The Hall–Kier alpha value is -0.900. The van der Waals surface area contributed by atoms with Gasteiger partial charge in [0.25, 0.3) is 0 Å². The molecule has 30 heavy (non-hydrogen) atoms. The lowest BCUT2D eigenvalue weighted by molar-refractivity contribution is 0.0299. The third kappa shape index (κ3) is 5.11. The number of fused-ring (bicyclic) bond motifs is 1. The Morgan fingerprint density at radius 3 is 2.60 bits per heavy atom. The van der Waals surface area contributed by atoms with Crippen LogP contribution in [-0.2, 0) is 0 Å². The SMILES string of the molecule is C=C1CC[C@H](O)[C@H](O)C1=CC=C1CCC[C@@]2(C)C1CC[C@@H]2[C@H](C)CCCC(C)(C)O. The Bertz CT molecular complexity index is 683. The summed E-state index contributed by atoms with van der Waals surface area (Å²) < 4.78 is 0. The lowest BCUT2D eigenvalue weighted by atomic mass is 9.60. The number of hydrogen-bond acceptors (Lipinski definition) is 3. The molecule has 3 aliphatic carbocycles. The van der Waals surface area contributed by atoms with Gasteiger partial charge < -0.3 is 15.3 Å². The molecule has 0 aromatic carbocycles. The van der Waals surface area contributed by atoms with Crippen LogP contribution in [0.1, 0.15) is 91.9 Å². The van der Waals surface area contributed by atoms with Gasteiger partial charge in [0.1, 0.15) is 6.10 Å². The molecule has 6 atom stereocenters. The minimum absolute atomic E-state index is 0.360. The molecule has 3 nitrogen and oxygen atoms in total. The summed E-state index contributed by atoms with van der Waals surface area (Å²) in [6.45, 7) is 12.9. The van der Waals surface area contributed by atoms with E-state index in [4.69, 9.17) is 0 Å². The molecule has 1 unspecified atom stereocenters. The zero-order valence-electron chi connectivity index (χ0n) is 19.7. The molecule has 3 heteroatoms. The molecule has 3 fully saturated rings. The number of allylic oxidation sites excluding steroid dienone is 3. The molecule has 0 bridgehead atoms. The first-order valence-corrected chi connectivity index (χ1v) is 12.2. The topological polar surface area (TPSA) is 60.7 Å². The highest BCUT2D eigenvalue weighted by atomic mass is 16.3. The number of rotatable bonds is 6. The monoisotopic (exact) mass is 416 g/mol. The average Bonchev–Trinajstić information content (AvgIpc) is 3.01. The summed E-state index contributed by atoms with van der Waals surface area (Å²) >= 11 is 0. The van der Waals surface area contributed by atoms with Crippen molar-refractivity contribution >= 4 is 0 Å². The van der Waals surface area contributed by atoms with Crippen molar-refractivity contribution in [2.24, 2.45) is 23.2 Å². The highest BCUT2D eigenvalue weighted by Crippen LogP contribution is 2.60. The molecular formula is C27H44O3. The largest absolute Gasteiger partial charge is 0.390 e. The molecule has 0 saturated heterocycles. The quantitative estimate of drug-likeness (QED) is 0.520. The van der Waals surface area contributed by atoms with Crippen molar-refractivity contribution in [2.45, 2.75) is 110 Å². The standard InChI is InChI=1S/C27H44O3/c1-18-10-15-24(28)25(29)21(18)12-11-20-9-7-17-27(5)22(13-14-23(20)27)19(2)8-6-16-26(3,4)30/h11-12,19,22-25,28-30H,1,6-10,13-17H2,2-5H3/t19-,22-,23?,24+,25-,27-/m1/s1. The average molecular weight is 417 g/mol. The van der Waals surface area contributed by atoms with Gasteiger partial charge in [0.05, 0.1) is 11.7 Å². The van der Waals surface area contributed by atoms with E-state index in [0.29, 0.717) is 23.7 Å². The molecule has 3 saturated carbocycles. The molecule has 0 aliphatic heterocycles. The molecule has 170 valence electrons. The molecule has 0 heterocycles. The first-order chi connectivity index (χ1) is 14.0. The van der Waals surface area contributed by atoms with Gasteiger partial charge in [-0.25, -0.2) is 0 Å². The van der Waals surface area contributed by atoms with Gasteiger partial charge in [-0.2, -0.15) is 0 Å². The lowest BCUT2D eigenvalue weighted by Gasteiger charge is -2.44. The minimum Gasteiger partial charge on any atom is -0.390 e. The molecule has 0 radical (unpaired) electrons. The van der Waals surface area contributed by atoms with Crippen LogP contribution in [0.2, 0.25) is 0 Å². The zero-order valence-corrected chi connectivity index (χ0v) is 19.7. The predicted molar refractivity (Wildman–Crippen MR) is 124 cm³/mol. The maximum Gasteiger partial charge on any atom is 0.105 e. The van der Waals surface area contributed by atoms with Crippen molar-refractivity contribution in [1.82, 2.24) is 0 Å². The van der Waals surface area contributed by atoms with Crippen molar-refractivity contribution in [2.75, 3.05) is 0 Å². The van der Waals surface area contributed by atoms with Crippen LogP contribution in [-0.4, -0.2) is 33.1 Å². The summed E-state index contributed by atoms with van der Waals surface area (Å²) in [7, 11) is 0. The number of aliphatic hydroxyl groups excluding tert-OH is 2. The van der Waals surface area contributed by atoms with E-state index in [9.17, 15) is 15.3 Å². The maximum absolute atomic E-state index is 10.4. The van der Waals surface area contributed by atoms with Crippen molar-refractivity contribution in [3.05, 3.63) is 35.5 Å². The van der Waals surface area contributed by atoms with Crippen molar-refractivity contribution < 1.29 is 15.3 Å². The van der Waals surface area contributed by atoms with Crippen molar-refractivity contribution in [3.63, 3.8) is 0 Å². The summed E-state index contributed by atoms with van der Waals surface area (Å²) in [6, 6.07) is 0. The first-order valence-electron chi connectivity index (χ1n) is 12.2. The Kier molecular flexibility index (Phi) is 7.37. The fourth-order valence-electron chi connectivity index (χ4n) is 6.73. The van der Waals surface area contributed by atoms with Crippen LogP contribution in [0.5, 0.6) is 0 Å². The van der Waals surface area contributed by atoms with Crippen LogP contribution < -0.4 is 0 Å². The third-order valence-corrected chi connectivity index (χ3v) is 8.48. The molecule has 0 aromatic rings. The summed E-state index contributed by atoms with van der Waals surface area (Å²) in [5.41, 5.74) is 3.12. The van der Waals surface area contributed by atoms with Gasteiger partial charge in [-0.05, 0) is 99.5 Å². The van der Waals surface area contributed by atoms with Gasteiger partial charge in [0, 0.05) is 0 Å². The Morgan fingerprint density at radius 2 is 1.90 bits per heavy atom. The second-order valence-electron chi connectivity index (χ2n) is 11.3. The van der Waals surface area contributed by atoms with Gasteiger partial charge in [-0.15, -0.1) is 0 Å². The molecule has 3 aliphatic rings. The van der Waals surface area contributed by atoms with Crippen molar-refractivity contribution in [3.8, 4) is 0 Å². The van der Waals surface area contributed by atoms with Crippen LogP contribution >= 0.6 is 0 Å². The van der Waals surface area contributed by atoms with Gasteiger partial charge in [0.15, 0.2) is 0 Å². The molecule has 0 aromatic heterocycles. The van der Waals surface area contributed by atoms with Gasteiger partial charge >= 0.3 is 0 Å². The maximum atomic E-state index is 10.4. The Morgan fingerprint density at radius 1 is 1.17 bits per heavy atom. The van der Waals surface area contributed by atoms with E-state index >= 15 is 0 Å².